The normalized spacial score (nSPS) is 37.5. The maximum absolute atomic E-state index is 12.4. The van der Waals surface area contributed by atoms with Crippen molar-refractivity contribution in [1.29, 1.82) is 0 Å². The Bertz CT molecular complexity index is 627. The Kier molecular flexibility index (Phi) is 10.4. The van der Waals surface area contributed by atoms with Crippen LogP contribution in [0.15, 0.2) is 0 Å². The molecule has 0 aromatic rings. The van der Waals surface area contributed by atoms with Crippen molar-refractivity contribution < 1.29 is 9.53 Å². The maximum Gasteiger partial charge on any atom is 0.308 e. The molecule has 0 bridgehead atoms. The van der Waals surface area contributed by atoms with E-state index in [1.54, 1.807) is 0 Å². The summed E-state index contributed by atoms with van der Waals surface area (Å²) in [6, 6.07) is 0. The molecule has 0 heterocycles. The molecule has 3 saturated carbocycles. The zero-order valence-electron chi connectivity index (χ0n) is 23.9. The molecule has 2 nitrogen and oxygen atoms in total. The molecule has 0 spiro atoms. The van der Waals surface area contributed by atoms with Crippen molar-refractivity contribution in [3.8, 4) is 0 Å². The van der Waals surface area contributed by atoms with Gasteiger partial charge in [-0.15, -0.1) is 0 Å². The lowest BCUT2D eigenvalue weighted by atomic mass is 9.46. The number of esters is 1. The minimum Gasteiger partial charge on any atom is -0.462 e. The van der Waals surface area contributed by atoms with Gasteiger partial charge in [-0.1, -0.05) is 87.0 Å². The van der Waals surface area contributed by atoms with E-state index < -0.39 is 0 Å². The van der Waals surface area contributed by atoms with Crippen molar-refractivity contribution in [2.75, 3.05) is 0 Å². The van der Waals surface area contributed by atoms with Gasteiger partial charge < -0.3 is 4.74 Å². The molecule has 198 valence electrons. The third-order valence-electron chi connectivity index (χ3n) is 10.9. The molecule has 3 aliphatic carbocycles. The zero-order valence-corrected chi connectivity index (χ0v) is 23.9. The van der Waals surface area contributed by atoms with Crippen LogP contribution in [0, 0.1) is 52.8 Å². The summed E-state index contributed by atoms with van der Waals surface area (Å²) in [4.78, 5) is 12.4. The highest BCUT2D eigenvalue weighted by molar-refractivity contribution is 5.72. The lowest BCUT2D eigenvalue weighted by molar-refractivity contribution is -0.164. The molecule has 9 unspecified atom stereocenters. The third-order valence-corrected chi connectivity index (χ3v) is 10.9. The van der Waals surface area contributed by atoms with Gasteiger partial charge in [0, 0.05) is 0 Å². The Hall–Kier alpha value is -0.530. The summed E-state index contributed by atoms with van der Waals surface area (Å²) in [5.74, 6) is 6.29. The Morgan fingerprint density at radius 2 is 1.71 bits per heavy atom. The fourth-order valence-corrected chi connectivity index (χ4v) is 8.31. The van der Waals surface area contributed by atoms with Crippen LogP contribution in [0.25, 0.3) is 0 Å². The molecular weight excluding hydrogens is 416 g/mol. The van der Waals surface area contributed by atoms with E-state index in [0.717, 1.165) is 60.7 Å². The van der Waals surface area contributed by atoms with Crippen LogP contribution < -0.4 is 0 Å². The molecule has 34 heavy (non-hydrogen) atoms. The predicted molar refractivity (Wildman–Crippen MR) is 145 cm³/mol. The lowest BCUT2D eigenvalue weighted by Gasteiger charge is -2.59. The number of carbonyl (C=O) groups is 1. The number of rotatable bonds is 11. The van der Waals surface area contributed by atoms with Crippen molar-refractivity contribution >= 4 is 5.97 Å². The zero-order chi connectivity index (χ0) is 24.9. The highest BCUT2D eigenvalue weighted by Gasteiger charge is 2.54. The molecule has 0 amide bonds. The second-order valence-electron chi connectivity index (χ2n) is 13.8. The van der Waals surface area contributed by atoms with E-state index >= 15 is 0 Å². The fourth-order valence-electron chi connectivity index (χ4n) is 8.31. The van der Waals surface area contributed by atoms with Gasteiger partial charge in [0.2, 0.25) is 0 Å². The van der Waals surface area contributed by atoms with Crippen LogP contribution in [0.1, 0.15) is 138 Å². The van der Waals surface area contributed by atoms with E-state index in [1.165, 1.54) is 70.6 Å². The summed E-state index contributed by atoms with van der Waals surface area (Å²) in [6.45, 7) is 16.5. The summed E-state index contributed by atoms with van der Waals surface area (Å²) >= 11 is 0. The van der Waals surface area contributed by atoms with Gasteiger partial charge in [0.15, 0.2) is 0 Å². The molecule has 0 saturated heterocycles. The Balaban J connectivity index is 1.53. The first kappa shape index (κ1) is 28.0. The third kappa shape index (κ3) is 6.82. The summed E-state index contributed by atoms with van der Waals surface area (Å²) < 4.78 is 5.99. The molecule has 0 aliphatic heterocycles. The molecule has 3 fully saturated rings. The molecule has 3 aliphatic rings. The van der Waals surface area contributed by atoms with E-state index in [-0.39, 0.29) is 18.0 Å². The topological polar surface area (TPSA) is 26.3 Å². The SMILES string of the molecule is CCC(C)C(=O)OC1CCC2(C)C(CCC3C(CCCC(C)CCCC(C)C)C(C)CCC32)C1. The van der Waals surface area contributed by atoms with Crippen LogP contribution in [0.4, 0.5) is 0 Å². The highest BCUT2D eigenvalue weighted by atomic mass is 16.5. The largest absolute Gasteiger partial charge is 0.462 e. The number of hydrogen-bond acceptors (Lipinski definition) is 2. The second-order valence-corrected chi connectivity index (χ2v) is 13.8. The van der Waals surface area contributed by atoms with Gasteiger partial charge in [-0.05, 0) is 98.2 Å². The number of ether oxygens (including phenoxy) is 1. The first-order chi connectivity index (χ1) is 16.2. The number of carbonyl (C=O) groups excluding carboxylic acids is 1. The van der Waals surface area contributed by atoms with Crippen LogP contribution >= 0.6 is 0 Å². The fraction of sp³-hybridized carbons (Fsp3) is 0.969. The molecule has 0 radical (unpaired) electrons. The van der Waals surface area contributed by atoms with Crippen molar-refractivity contribution in [3.63, 3.8) is 0 Å². The highest BCUT2D eigenvalue weighted by Crippen LogP contribution is 2.61. The standard InChI is InChI=1S/C32H58O2/c1-8-24(5)31(33)34-27-19-20-32(7)26(21-27)16-17-29-28(25(6)15-18-30(29)32)14-10-13-23(4)12-9-11-22(2)3/h22-30H,8-21H2,1-7H3. The predicted octanol–water partition coefficient (Wildman–Crippen LogP) is 9.46. The monoisotopic (exact) mass is 474 g/mol. The second kappa shape index (κ2) is 12.6. The van der Waals surface area contributed by atoms with E-state index in [0.29, 0.717) is 5.41 Å². The molecule has 2 heteroatoms. The molecule has 0 aromatic heterocycles. The van der Waals surface area contributed by atoms with E-state index in [4.69, 9.17) is 4.74 Å². The van der Waals surface area contributed by atoms with Crippen LogP contribution in [0.3, 0.4) is 0 Å². The number of hydrogen-bond donors (Lipinski definition) is 0. The molecule has 0 aromatic carbocycles. The van der Waals surface area contributed by atoms with Crippen molar-refractivity contribution in [2.45, 2.75) is 144 Å². The quantitative estimate of drug-likeness (QED) is 0.279. The van der Waals surface area contributed by atoms with Crippen LogP contribution in [-0.2, 0) is 9.53 Å². The van der Waals surface area contributed by atoms with Crippen molar-refractivity contribution in [1.82, 2.24) is 0 Å². The Morgan fingerprint density at radius 3 is 2.41 bits per heavy atom. The minimum atomic E-state index is 0.0368. The van der Waals surface area contributed by atoms with E-state index in [9.17, 15) is 4.79 Å². The molecule has 9 atom stereocenters. The Labute approximate surface area is 212 Å². The lowest BCUT2D eigenvalue weighted by Crippen LogP contribution is -2.52. The smallest absolute Gasteiger partial charge is 0.308 e. The minimum absolute atomic E-state index is 0.0368. The van der Waals surface area contributed by atoms with Crippen LogP contribution in [-0.4, -0.2) is 12.1 Å². The van der Waals surface area contributed by atoms with Gasteiger partial charge in [0.1, 0.15) is 6.10 Å². The van der Waals surface area contributed by atoms with Crippen LogP contribution in [0.5, 0.6) is 0 Å². The van der Waals surface area contributed by atoms with Gasteiger partial charge in [0.25, 0.3) is 0 Å². The first-order valence-corrected chi connectivity index (χ1v) is 15.4. The van der Waals surface area contributed by atoms with Gasteiger partial charge in [-0.25, -0.2) is 0 Å². The van der Waals surface area contributed by atoms with Crippen molar-refractivity contribution in [2.24, 2.45) is 52.8 Å². The summed E-state index contributed by atoms with van der Waals surface area (Å²) in [6.07, 6.45) is 18.8. The average molecular weight is 475 g/mol. The van der Waals surface area contributed by atoms with Gasteiger partial charge in [0.05, 0.1) is 5.92 Å². The first-order valence-electron chi connectivity index (χ1n) is 15.4. The average Bonchev–Trinajstić information content (AvgIpc) is 2.79. The van der Waals surface area contributed by atoms with Gasteiger partial charge in [-0.3, -0.25) is 4.79 Å². The molecule has 3 rings (SSSR count). The van der Waals surface area contributed by atoms with E-state index in [1.807, 2.05) is 6.92 Å². The number of fused-ring (bicyclic) bond motifs is 3. The molecule has 0 N–H and O–H groups in total. The van der Waals surface area contributed by atoms with Gasteiger partial charge in [-0.2, -0.15) is 0 Å². The molecular formula is C32H58O2. The van der Waals surface area contributed by atoms with Crippen LogP contribution in [0.2, 0.25) is 0 Å². The summed E-state index contributed by atoms with van der Waals surface area (Å²) in [5, 5.41) is 0. The van der Waals surface area contributed by atoms with E-state index in [2.05, 4.69) is 41.5 Å². The van der Waals surface area contributed by atoms with Crippen molar-refractivity contribution in [3.05, 3.63) is 0 Å². The maximum atomic E-state index is 12.4. The Morgan fingerprint density at radius 1 is 0.971 bits per heavy atom. The summed E-state index contributed by atoms with van der Waals surface area (Å²) in [5.41, 5.74) is 0.477. The van der Waals surface area contributed by atoms with Gasteiger partial charge >= 0.3 is 5.97 Å². The summed E-state index contributed by atoms with van der Waals surface area (Å²) in [7, 11) is 0.